The Hall–Kier alpha value is -2.08. The van der Waals surface area contributed by atoms with Gasteiger partial charge in [0.1, 0.15) is 5.75 Å². The zero-order valence-electron chi connectivity index (χ0n) is 13.2. The molecule has 0 aliphatic carbocycles. The van der Waals surface area contributed by atoms with Crippen molar-refractivity contribution < 1.29 is 14.3 Å². The zero-order chi connectivity index (χ0) is 15.9. The smallest absolute Gasteiger partial charge is 0.311 e. The van der Waals surface area contributed by atoms with Crippen LogP contribution in [0.4, 0.5) is 0 Å². The summed E-state index contributed by atoms with van der Waals surface area (Å²) in [5.41, 5.74) is 1.01. The Morgan fingerprint density at radius 3 is 2.55 bits per heavy atom. The first-order chi connectivity index (χ1) is 10.6. The fourth-order valence-electron chi connectivity index (χ4n) is 2.45. The molecule has 2 amide bonds. The minimum atomic E-state index is -0.528. The van der Waals surface area contributed by atoms with Crippen molar-refractivity contribution >= 4 is 11.8 Å². The zero-order valence-corrected chi connectivity index (χ0v) is 13.2. The standard InChI is InChI=1S/C16H23N3O3/c1-18-9-11-19(12-10-18)16(21)15(20)17-8-7-13-5-3-4-6-14(13)22-2/h3-6H,7-12H2,1-2H3,(H,17,20). The number of benzene rings is 1. The second kappa shape index (κ2) is 7.79. The van der Waals surface area contributed by atoms with Gasteiger partial charge in [0.25, 0.3) is 0 Å². The van der Waals surface area contributed by atoms with Crippen LogP contribution in [0.5, 0.6) is 5.75 Å². The third-order valence-corrected chi connectivity index (χ3v) is 3.86. The van der Waals surface area contributed by atoms with Crippen molar-refractivity contribution in [1.29, 1.82) is 0 Å². The lowest BCUT2D eigenvalue weighted by Crippen LogP contribution is -2.51. The number of carbonyl (C=O) groups excluding carboxylic acids is 2. The van der Waals surface area contributed by atoms with E-state index in [0.717, 1.165) is 24.4 Å². The monoisotopic (exact) mass is 305 g/mol. The number of hydrogen-bond acceptors (Lipinski definition) is 4. The van der Waals surface area contributed by atoms with Crippen molar-refractivity contribution in [2.24, 2.45) is 0 Å². The number of ether oxygens (including phenoxy) is 1. The van der Waals surface area contributed by atoms with Crippen molar-refractivity contribution in [3.05, 3.63) is 29.8 Å². The molecule has 120 valence electrons. The Bertz CT molecular complexity index is 525. The largest absolute Gasteiger partial charge is 0.496 e. The molecular weight excluding hydrogens is 282 g/mol. The minimum Gasteiger partial charge on any atom is -0.496 e. The Morgan fingerprint density at radius 2 is 1.86 bits per heavy atom. The molecule has 1 N–H and O–H groups in total. The number of likely N-dealkylation sites (N-methyl/N-ethyl adjacent to an activating group) is 1. The molecule has 1 aromatic carbocycles. The van der Waals surface area contributed by atoms with Crippen LogP contribution >= 0.6 is 0 Å². The van der Waals surface area contributed by atoms with Crippen LogP contribution in [0.1, 0.15) is 5.56 Å². The van der Waals surface area contributed by atoms with Gasteiger partial charge in [-0.1, -0.05) is 18.2 Å². The van der Waals surface area contributed by atoms with Crippen molar-refractivity contribution in [3.8, 4) is 5.75 Å². The molecule has 1 fully saturated rings. The van der Waals surface area contributed by atoms with E-state index in [9.17, 15) is 9.59 Å². The molecule has 1 saturated heterocycles. The average molecular weight is 305 g/mol. The predicted octanol–water partition coefficient (Wildman–Crippen LogP) is 0.128. The molecule has 1 aliphatic heterocycles. The number of carbonyl (C=O) groups is 2. The molecule has 1 aromatic rings. The van der Waals surface area contributed by atoms with Crippen LogP contribution in [0.25, 0.3) is 0 Å². The number of methoxy groups -OCH3 is 1. The van der Waals surface area contributed by atoms with Gasteiger partial charge in [0.05, 0.1) is 7.11 Å². The number of rotatable bonds is 4. The summed E-state index contributed by atoms with van der Waals surface area (Å²) in [6.45, 7) is 3.24. The van der Waals surface area contributed by atoms with Gasteiger partial charge in [-0.3, -0.25) is 9.59 Å². The van der Waals surface area contributed by atoms with Crippen LogP contribution in [0.15, 0.2) is 24.3 Å². The van der Waals surface area contributed by atoms with E-state index in [1.54, 1.807) is 12.0 Å². The highest BCUT2D eigenvalue weighted by Crippen LogP contribution is 2.17. The SMILES string of the molecule is COc1ccccc1CCNC(=O)C(=O)N1CCN(C)CC1. The number of para-hydroxylation sites is 1. The fraction of sp³-hybridized carbons (Fsp3) is 0.500. The van der Waals surface area contributed by atoms with Crippen molar-refractivity contribution in [1.82, 2.24) is 15.1 Å². The fourth-order valence-corrected chi connectivity index (χ4v) is 2.45. The van der Waals surface area contributed by atoms with Crippen LogP contribution in [0, 0.1) is 0 Å². The van der Waals surface area contributed by atoms with Crippen molar-refractivity contribution in [3.63, 3.8) is 0 Å². The van der Waals surface area contributed by atoms with Crippen molar-refractivity contribution in [2.45, 2.75) is 6.42 Å². The molecule has 22 heavy (non-hydrogen) atoms. The summed E-state index contributed by atoms with van der Waals surface area (Å²) in [6, 6.07) is 7.66. The highest BCUT2D eigenvalue weighted by Gasteiger charge is 2.24. The first-order valence-electron chi connectivity index (χ1n) is 7.49. The molecule has 0 aromatic heterocycles. The maximum atomic E-state index is 12.0. The first kappa shape index (κ1) is 16.3. The molecule has 2 rings (SSSR count). The van der Waals surface area contributed by atoms with Crippen LogP contribution in [-0.2, 0) is 16.0 Å². The molecule has 0 radical (unpaired) electrons. The molecule has 1 aliphatic rings. The van der Waals surface area contributed by atoms with Gasteiger partial charge < -0.3 is 19.9 Å². The third-order valence-electron chi connectivity index (χ3n) is 3.86. The number of nitrogens with one attached hydrogen (secondary N) is 1. The van der Waals surface area contributed by atoms with Crippen molar-refractivity contribution in [2.75, 3.05) is 46.9 Å². The summed E-state index contributed by atoms with van der Waals surface area (Å²) < 4.78 is 5.26. The van der Waals surface area contributed by atoms with E-state index in [2.05, 4.69) is 10.2 Å². The lowest BCUT2D eigenvalue weighted by atomic mass is 10.1. The van der Waals surface area contributed by atoms with E-state index in [1.807, 2.05) is 31.3 Å². The summed E-state index contributed by atoms with van der Waals surface area (Å²) in [7, 11) is 3.63. The lowest BCUT2D eigenvalue weighted by Gasteiger charge is -2.31. The molecule has 0 atom stereocenters. The number of hydrogen-bond donors (Lipinski definition) is 1. The Morgan fingerprint density at radius 1 is 1.18 bits per heavy atom. The van der Waals surface area contributed by atoms with Crippen LogP contribution in [-0.4, -0.2) is 68.5 Å². The van der Waals surface area contributed by atoms with Crippen LogP contribution in [0.2, 0.25) is 0 Å². The van der Waals surface area contributed by atoms with E-state index < -0.39 is 11.8 Å². The highest BCUT2D eigenvalue weighted by atomic mass is 16.5. The minimum absolute atomic E-state index is 0.415. The number of piperazine rings is 1. The summed E-state index contributed by atoms with van der Waals surface area (Å²) >= 11 is 0. The quantitative estimate of drug-likeness (QED) is 0.803. The molecule has 6 heteroatoms. The van der Waals surface area contributed by atoms with Crippen LogP contribution in [0.3, 0.4) is 0 Å². The summed E-state index contributed by atoms with van der Waals surface area (Å²) in [5, 5.41) is 2.69. The first-order valence-corrected chi connectivity index (χ1v) is 7.49. The van der Waals surface area contributed by atoms with E-state index >= 15 is 0 Å². The second-order valence-corrected chi connectivity index (χ2v) is 5.41. The molecule has 0 spiro atoms. The van der Waals surface area contributed by atoms with Gasteiger partial charge >= 0.3 is 11.8 Å². The van der Waals surface area contributed by atoms with Gasteiger partial charge in [0.15, 0.2) is 0 Å². The van der Waals surface area contributed by atoms with Gasteiger partial charge in [-0.25, -0.2) is 0 Å². The van der Waals surface area contributed by atoms with E-state index in [-0.39, 0.29) is 0 Å². The van der Waals surface area contributed by atoms with Gasteiger partial charge in [-0.2, -0.15) is 0 Å². The average Bonchev–Trinajstić information content (AvgIpc) is 2.55. The number of amides is 2. The molecule has 0 bridgehead atoms. The topological polar surface area (TPSA) is 61.9 Å². The maximum Gasteiger partial charge on any atom is 0.311 e. The Balaban J connectivity index is 1.79. The van der Waals surface area contributed by atoms with E-state index in [4.69, 9.17) is 4.74 Å². The summed E-state index contributed by atoms with van der Waals surface area (Å²) in [6.07, 6.45) is 0.631. The van der Waals surface area contributed by atoms with Crippen LogP contribution < -0.4 is 10.1 Å². The number of nitrogens with zero attached hydrogens (tertiary/aromatic N) is 2. The van der Waals surface area contributed by atoms with E-state index in [1.165, 1.54) is 0 Å². The molecular formula is C16H23N3O3. The molecule has 6 nitrogen and oxygen atoms in total. The second-order valence-electron chi connectivity index (χ2n) is 5.41. The predicted molar refractivity (Wildman–Crippen MR) is 83.8 cm³/mol. The molecule has 0 saturated carbocycles. The Kier molecular flexibility index (Phi) is 5.77. The highest BCUT2D eigenvalue weighted by molar-refractivity contribution is 6.35. The van der Waals surface area contributed by atoms with E-state index in [0.29, 0.717) is 26.1 Å². The third kappa shape index (κ3) is 4.21. The molecule has 0 unspecified atom stereocenters. The normalized spacial score (nSPS) is 15.5. The van der Waals surface area contributed by atoms with Gasteiger partial charge in [0, 0.05) is 32.7 Å². The Labute approximate surface area is 131 Å². The lowest BCUT2D eigenvalue weighted by molar-refractivity contribution is -0.146. The van der Waals surface area contributed by atoms with Gasteiger partial charge in [-0.15, -0.1) is 0 Å². The molecule has 1 heterocycles. The van der Waals surface area contributed by atoms with Gasteiger partial charge in [-0.05, 0) is 25.1 Å². The van der Waals surface area contributed by atoms with Gasteiger partial charge in [0.2, 0.25) is 0 Å². The summed E-state index contributed by atoms with van der Waals surface area (Å²) in [5.74, 6) is -0.172. The summed E-state index contributed by atoms with van der Waals surface area (Å²) in [4.78, 5) is 27.7. The maximum absolute atomic E-state index is 12.0.